The van der Waals surface area contributed by atoms with Gasteiger partial charge in [0.2, 0.25) is 5.95 Å². The zero-order valence-corrected chi connectivity index (χ0v) is 18.6. The van der Waals surface area contributed by atoms with Gasteiger partial charge in [-0.15, -0.1) is 11.3 Å². The minimum atomic E-state index is -0.850. The molecule has 1 atom stereocenters. The van der Waals surface area contributed by atoms with Gasteiger partial charge in [-0.2, -0.15) is 0 Å². The van der Waals surface area contributed by atoms with Gasteiger partial charge in [0.1, 0.15) is 23.3 Å². The molecule has 2 aromatic carbocycles. The number of ether oxygens (including phenoxy) is 2. The highest BCUT2D eigenvalue weighted by Crippen LogP contribution is 2.44. The number of nitrogens with one attached hydrogen (secondary N) is 1. The zero-order valence-electron chi connectivity index (χ0n) is 17.7. The first kappa shape index (κ1) is 20.8. The lowest BCUT2D eigenvalue weighted by atomic mass is 9.99. The maximum absolute atomic E-state index is 13.2. The second-order valence-electron chi connectivity index (χ2n) is 7.33. The van der Waals surface area contributed by atoms with Crippen molar-refractivity contribution in [2.24, 2.45) is 0 Å². The number of carbonyl (C=O) groups is 2. The van der Waals surface area contributed by atoms with E-state index in [2.05, 4.69) is 9.97 Å². The standard InChI is InChI=1S/C24H19N3O5S/c1-31-13-9-10-14(17(12-13)32-2)21(28)19-20(18-8-5-11-33-18)27(23(30)22(19)29)24-25-15-6-3-4-7-16(15)26-24/h3-12,20,28H,1-2H3,(H,25,26)/b21-19+. The minimum Gasteiger partial charge on any atom is -0.507 e. The van der Waals surface area contributed by atoms with Gasteiger partial charge in [0.25, 0.3) is 5.78 Å². The molecule has 0 bridgehead atoms. The Kier molecular flexibility index (Phi) is 5.10. The maximum Gasteiger partial charge on any atom is 0.302 e. The van der Waals surface area contributed by atoms with Crippen molar-refractivity contribution in [1.82, 2.24) is 9.97 Å². The Morgan fingerprint density at radius 2 is 1.91 bits per heavy atom. The fourth-order valence-electron chi connectivity index (χ4n) is 3.96. The molecule has 33 heavy (non-hydrogen) atoms. The summed E-state index contributed by atoms with van der Waals surface area (Å²) in [6, 6.07) is 15.0. The number of rotatable bonds is 5. The maximum atomic E-state index is 13.2. The van der Waals surface area contributed by atoms with E-state index >= 15 is 0 Å². The number of para-hydroxylation sites is 2. The van der Waals surface area contributed by atoms with Crippen LogP contribution in [0.15, 0.2) is 65.6 Å². The summed E-state index contributed by atoms with van der Waals surface area (Å²) in [4.78, 5) is 36.1. The van der Waals surface area contributed by atoms with Crippen molar-refractivity contribution in [2.75, 3.05) is 19.1 Å². The van der Waals surface area contributed by atoms with E-state index in [1.165, 1.54) is 30.5 Å². The molecule has 1 unspecified atom stereocenters. The SMILES string of the molecule is COc1ccc(/C(O)=C2\C(=O)C(=O)N(c3nc4ccccc4[nH]3)C2c2cccs2)c(OC)c1. The number of fused-ring (bicyclic) bond motifs is 1. The van der Waals surface area contributed by atoms with Gasteiger partial charge in [0.05, 0.1) is 36.4 Å². The van der Waals surface area contributed by atoms with Crippen molar-refractivity contribution in [1.29, 1.82) is 0 Å². The number of aromatic nitrogens is 2. The Morgan fingerprint density at radius 3 is 2.61 bits per heavy atom. The molecule has 9 heteroatoms. The number of nitrogens with zero attached hydrogens (tertiary/aromatic N) is 2. The first-order valence-corrected chi connectivity index (χ1v) is 10.9. The molecule has 1 amide bonds. The molecule has 4 aromatic rings. The van der Waals surface area contributed by atoms with Crippen LogP contribution in [0.3, 0.4) is 0 Å². The summed E-state index contributed by atoms with van der Waals surface area (Å²) in [5.41, 5.74) is 1.64. The molecule has 3 heterocycles. The Hall–Kier alpha value is -4.11. The van der Waals surface area contributed by atoms with Crippen LogP contribution in [0.4, 0.5) is 5.95 Å². The number of hydrogen-bond donors (Lipinski definition) is 2. The van der Waals surface area contributed by atoms with Crippen LogP contribution in [0.25, 0.3) is 16.8 Å². The van der Waals surface area contributed by atoms with Crippen LogP contribution < -0.4 is 14.4 Å². The molecule has 1 aliphatic rings. The highest BCUT2D eigenvalue weighted by atomic mass is 32.1. The smallest absolute Gasteiger partial charge is 0.302 e. The number of aliphatic hydroxyl groups excluding tert-OH is 1. The number of amides is 1. The van der Waals surface area contributed by atoms with E-state index in [9.17, 15) is 14.7 Å². The molecule has 0 aliphatic carbocycles. The predicted molar refractivity (Wildman–Crippen MR) is 125 cm³/mol. The van der Waals surface area contributed by atoms with E-state index in [0.29, 0.717) is 21.9 Å². The molecular weight excluding hydrogens is 442 g/mol. The van der Waals surface area contributed by atoms with Crippen molar-refractivity contribution in [3.63, 3.8) is 0 Å². The van der Waals surface area contributed by atoms with E-state index < -0.39 is 17.7 Å². The van der Waals surface area contributed by atoms with Gasteiger partial charge in [-0.25, -0.2) is 4.98 Å². The van der Waals surface area contributed by atoms with Crippen molar-refractivity contribution in [3.05, 3.63) is 76.0 Å². The number of ketones is 1. The Bertz CT molecular complexity index is 1370. The molecule has 0 saturated carbocycles. The average molecular weight is 461 g/mol. The zero-order chi connectivity index (χ0) is 23.1. The van der Waals surface area contributed by atoms with Gasteiger partial charge in [-0.05, 0) is 35.7 Å². The summed E-state index contributed by atoms with van der Waals surface area (Å²) in [5, 5.41) is 13.1. The molecule has 0 spiro atoms. The van der Waals surface area contributed by atoms with E-state index in [1.54, 1.807) is 18.2 Å². The van der Waals surface area contributed by atoms with E-state index in [4.69, 9.17) is 9.47 Å². The number of aromatic amines is 1. The van der Waals surface area contributed by atoms with Gasteiger partial charge < -0.3 is 19.6 Å². The number of thiophene rings is 1. The molecule has 1 aliphatic heterocycles. The molecule has 2 N–H and O–H groups in total. The highest BCUT2D eigenvalue weighted by Gasteiger charge is 2.48. The Balaban J connectivity index is 1.72. The fraction of sp³-hybridized carbons (Fsp3) is 0.125. The van der Waals surface area contributed by atoms with Gasteiger partial charge in [0.15, 0.2) is 0 Å². The molecule has 166 valence electrons. The number of benzene rings is 2. The predicted octanol–water partition coefficient (Wildman–Crippen LogP) is 4.27. The number of Topliss-reactive ketones (excluding diaryl/α,β-unsaturated/α-hetero) is 1. The minimum absolute atomic E-state index is 0.0358. The normalized spacial score (nSPS) is 17.6. The van der Waals surface area contributed by atoms with Crippen LogP contribution in [0, 0.1) is 0 Å². The Labute approximate surface area is 192 Å². The third-order valence-electron chi connectivity index (χ3n) is 5.53. The second kappa shape index (κ2) is 8.10. The first-order chi connectivity index (χ1) is 16.0. The summed E-state index contributed by atoms with van der Waals surface area (Å²) < 4.78 is 10.6. The van der Waals surface area contributed by atoms with Crippen LogP contribution >= 0.6 is 11.3 Å². The quantitative estimate of drug-likeness (QED) is 0.261. The summed E-state index contributed by atoms with van der Waals surface area (Å²) in [7, 11) is 2.97. The third-order valence-corrected chi connectivity index (χ3v) is 6.45. The van der Waals surface area contributed by atoms with Crippen LogP contribution in [0.2, 0.25) is 0 Å². The van der Waals surface area contributed by atoms with Gasteiger partial charge in [0, 0.05) is 10.9 Å². The largest absolute Gasteiger partial charge is 0.507 e. The van der Waals surface area contributed by atoms with E-state index in [1.807, 2.05) is 41.8 Å². The molecule has 1 fully saturated rings. The topological polar surface area (TPSA) is 105 Å². The van der Waals surface area contributed by atoms with Crippen molar-refractivity contribution >= 4 is 45.8 Å². The molecule has 2 aromatic heterocycles. The molecule has 0 radical (unpaired) electrons. The van der Waals surface area contributed by atoms with Crippen molar-refractivity contribution < 1.29 is 24.2 Å². The lowest BCUT2D eigenvalue weighted by molar-refractivity contribution is -0.132. The summed E-state index contributed by atoms with van der Waals surface area (Å²) in [5.74, 6) is -0.833. The summed E-state index contributed by atoms with van der Waals surface area (Å²) in [6.07, 6.45) is 0. The van der Waals surface area contributed by atoms with Gasteiger partial charge in [-0.1, -0.05) is 18.2 Å². The first-order valence-electron chi connectivity index (χ1n) is 10.0. The molecule has 8 nitrogen and oxygen atoms in total. The lowest BCUT2D eigenvalue weighted by Gasteiger charge is -2.21. The summed E-state index contributed by atoms with van der Waals surface area (Å²) >= 11 is 1.38. The number of aliphatic hydroxyl groups is 1. The van der Waals surface area contributed by atoms with Crippen LogP contribution in [-0.4, -0.2) is 41.0 Å². The van der Waals surface area contributed by atoms with Crippen molar-refractivity contribution in [3.8, 4) is 11.5 Å². The number of imidazole rings is 1. The highest BCUT2D eigenvalue weighted by molar-refractivity contribution is 7.10. The van der Waals surface area contributed by atoms with E-state index in [0.717, 1.165) is 5.52 Å². The Morgan fingerprint density at radius 1 is 1.09 bits per heavy atom. The lowest BCUT2D eigenvalue weighted by Crippen LogP contribution is -2.30. The number of anilines is 1. The molecule has 5 rings (SSSR count). The number of methoxy groups -OCH3 is 2. The second-order valence-corrected chi connectivity index (χ2v) is 8.31. The van der Waals surface area contributed by atoms with E-state index in [-0.39, 0.29) is 22.8 Å². The number of hydrogen-bond acceptors (Lipinski definition) is 7. The van der Waals surface area contributed by atoms with Crippen LogP contribution in [0.1, 0.15) is 16.5 Å². The summed E-state index contributed by atoms with van der Waals surface area (Å²) in [6.45, 7) is 0. The third kappa shape index (κ3) is 3.33. The number of carbonyl (C=O) groups excluding carboxylic acids is 2. The average Bonchev–Trinajstić information content (AvgIpc) is 3.56. The monoisotopic (exact) mass is 461 g/mol. The molecule has 1 saturated heterocycles. The van der Waals surface area contributed by atoms with Gasteiger partial charge >= 0.3 is 5.91 Å². The van der Waals surface area contributed by atoms with Gasteiger partial charge in [-0.3, -0.25) is 14.5 Å². The van der Waals surface area contributed by atoms with Crippen LogP contribution in [0.5, 0.6) is 11.5 Å². The fourth-order valence-corrected chi connectivity index (χ4v) is 4.78. The van der Waals surface area contributed by atoms with Crippen LogP contribution in [-0.2, 0) is 9.59 Å². The molecular formula is C24H19N3O5S. The number of H-pyrrole nitrogens is 1. The van der Waals surface area contributed by atoms with Crippen molar-refractivity contribution in [2.45, 2.75) is 6.04 Å².